The molecule has 6 heteroatoms. The van der Waals surface area contributed by atoms with Crippen molar-refractivity contribution in [3.8, 4) is 0 Å². The van der Waals surface area contributed by atoms with Gasteiger partial charge in [0.2, 0.25) is 5.91 Å². The fourth-order valence-corrected chi connectivity index (χ4v) is 1.87. The van der Waals surface area contributed by atoms with Crippen molar-refractivity contribution in [1.29, 1.82) is 0 Å². The van der Waals surface area contributed by atoms with Crippen molar-refractivity contribution in [2.24, 2.45) is 5.73 Å². The van der Waals surface area contributed by atoms with Crippen LogP contribution in [0.2, 0.25) is 0 Å². The van der Waals surface area contributed by atoms with E-state index in [4.69, 9.17) is 5.73 Å². The lowest BCUT2D eigenvalue weighted by atomic mass is 10.0. The van der Waals surface area contributed by atoms with Crippen molar-refractivity contribution in [2.75, 3.05) is 11.9 Å². The molecular weight excluding hydrogens is 221 g/mol. The average molecular weight is 230 g/mol. The van der Waals surface area contributed by atoms with Crippen molar-refractivity contribution in [1.82, 2.24) is 0 Å². The molecule has 0 bridgehead atoms. The number of amides is 1. The van der Waals surface area contributed by atoms with E-state index in [1.165, 1.54) is 19.2 Å². The highest BCUT2D eigenvalue weighted by atomic mass is 19.4. The van der Waals surface area contributed by atoms with Crippen molar-refractivity contribution >= 4 is 11.6 Å². The summed E-state index contributed by atoms with van der Waals surface area (Å²) in [7, 11) is 1.29. The Morgan fingerprint density at radius 2 is 2.00 bits per heavy atom. The normalized spacial score (nSPS) is 20.2. The number of benzene rings is 1. The topological polar surface area (TPSA) is 46.3 Å². The minimum atomic E-state index is -4.48. The Balaban J connectivity index is 2.67. The molecule has 1 aromatic rings. The minimum Gasteiger partial charge on any atom is -0.316 e. The van der Waals surface area contributed by atoms with E-state index in [1.54, 1.807) is 0 Å². The minimum absolute atomic E-state index is 0.132. The van der Waals surface area contributed by atoms with Crippen LogP contribution in [-0.2, 0) is 11.0 Å². The van der Waals surface area contributed by atoms with Gasteiger partial charge in [0.15, 0.2) is 0 Å². The summed E-state index contributed by atoms with van der Waals surface area (Å²) < 4.78 is 38.1. The number of likely N-dealkylation sites (N-methyl/N-ethyl adjacent to an activating group) is 1. The Bertz CT molecular complexity index is 456. The maximum absolute atomic E-state index is 12.7. The van der Waals surface area contributed by atoms with Crippen LogP contribution in [0.5, 0.6) is 0 Å². The molecular formula is C10H9F3N2O. The van der Waals surface area contributed by atoms with E-state index in [0.29, 0.717) is 0 Å². The van der Waals surface area contributed by atoms with E-state index in [0.717, 1.165) is 11.0 Å². The van der Waals surface area contributed by atoms with Gasteiger partial charge in [-0.3, -0.25) is 4.79 Å². The monoisotopic (exact) mass is 230 g/mol. The molecule has 0 saturated carbocycles. The highest BCUT2D eigenvalue weighted by molar-refractivity contribution is 6.05. The first-order valence-corrected chi connectivity index (χ1v) is 4.57. The molecule has 0 fully saturated rings. The van der Waals surface area contributed by atoms with E-state index in [-0.39, 0.29) is 11.3 Å². The molecule has 1 aliphatic heterocycles. The summed E-state index contributed by atoms with van der Waals surface area (Å²) in [5, 5.41) is 0. The number of alkyl halides is 3. The molecule has 1 heterocycles. The van der Waals surface area contributed by atoms with Gasteiger partial charge in [0.25, 0.3) is 0 Å². The summed E-state index contributed by atoms with van der Waals surface area (Å²) in [4.78, 5) is 12.4. The second kappa shape index (κ2) is 3.21. The summed E-state index contributed by atoms with van der Waals surface area (Å²) in [5.74, 6) is -0.522. The van der Waals surface area contributed by atoms with Crippen molar-refractivity contribution in [2.45, 2.75) is 12.2 Å². The zero-order valence-electron chi connectivity index (χ0n) is 8.38. The van der Waals surface area contributed by atoms with Gasteiger partial charge in [0.05, 0.1) is 11.3 Å². The third-order valence-corrected chi connectivity index (χ3v) is 2.64. The average Bonchev–Trinajstić information content (AvgIpc) is 2.43. The van der Waals surface area contributed by atoms with E-state index in [9.17, 15) is 18.0 Å². The van der Waals surface area contributed by atoms with Crippen LogP contribution in [0.15, 0.2) is 18.2 Å². The third kappa shape index (κ3) is 1.37. The summed E-state index contributed by atoms with van der Waals surface area (Å²) in [6, 6.07) is 2.65. The Morgan fingerprint density at radius 1 is 1.38 bits per heavy atom. The smallest absolute Gasteiger partial charge is 0.316 e. The highest BCUT2D eigenvalue weighted by Crippen LogP contribution is 2.43. The lowest BCUT2D eigenvalue weighted by molar-refractivity contribution is -0.137. The summed E-state index contributed by atoms with van der Waals surface area (Å²) >= 11 is 0. The zero-order chi connectivity index (χ0) is 12.1. The molecule has 86 valence electrons. The first-order valence-electron chi connectivity index (χ1n) is 4.57. The Kier molecular flexibility index (Phi) is 2.20. The molecule has 2 rings (SSSR count). The number of rotatable bonds is 0. The first kappa shape index (κ1) is 10.9. The van der Waals surface area contributed by atoms with Crippen molar-refractivity contribution in [3.05, 3.63) is 29.3 Å². The predicted molar refractivity (Wildman–Crippen MR) is 51.8 cm³/mol. The summed E-state index contributed by atoms with van der Waals surface area (Å²) in [5.41, 5.74) is 4.80. The fourth-order valence-electron chi connectivity index (χ4n) is 1.87. The molecule has 0 unspecified atom stereocenters. The number of anilines is 1. The largest absolute Gasteiger partial charge is 0.418 e. The van der Waals surface area contributed by atoms with Gasteiger partial charge in [0, 0.05) is 12.6 Å². The molecule has 16 heavy (non-hydrogen) atoms. The molecule has 0 saturated heterocycles. The second-order valence-electron chi connectivity index (χ2n) is 3.62. The molecule has 0 radical (unpaired) electrons. The van der Waals surface area contributed by atoms with Gasteiger partial charge in [-0.05, 0) is 6.07 Å². The second-order valence-corrected chi connectivity index (χ2v) is 3.62. The molecule has 1 amide bonds. The maximum atomic E-state index is 12.7. The number of fused-ring (bicyclic) bond motifs is 1. The van der Waals surface area contributed by atoms with E-state index in [1.807, 2.05) is 0 Å². The number of nitrogens with two attached hydrogens (primary N) is 1. The maximum Gasteiger partial charge on any atom is 0.418 e. The lowest BCUT2D eigenvalue weighted by Crippen LogP contribution is -2.28. The number of nitrogens with zero attached hydrogens (tertiary/aromatic N) is 1. The van der Waals surface area contributed by atoms with E-state index in [2.05, 4.69) is 0 Å². The Labute approximate surface area is 89.6 Å². The Morgan fingerprint density at radius 3 is 2.56 bits per heavy atom. The fraction of sp³-hybridized carbons (Fsp3) is 0.300. The molecule has 2 N–H and O–H groups in total. The molecule has 3 nitrogen and oxygen atoms in total. The van der Waals surface area contributed by atoms with Gasteiger partial charge in [-0.1, -0.05) is 12.1 Å². The summed E-state index contributed by atoms with van der Waals surface area (Å²) in [6.45, 7) is 0. The van der Waals surface area contributed by atoms with Crippen LogP contribution in [0.3, 0.4) is 0 Å². The molecule has 1 atom stereocenters. The highest BCUT2D eigenvalue weighted by Gasteiger charge is 2.41. The quantitative estimate of drug-likeness (QED) is 0.737. The van der Waals surface area contributed by atoms with E-state index < -0.39 is 23.7 Å². The Hall–Kier alpha value is -1.56. The number of para-hydroxylation sites is 1. The van der Waals surface area contributed by atoms with Gasteiger partial charge >= 0.3 is 6.18 Å². The number of hydrogen-bond donors (Lipinski definition) is 1. The van der Waals surface area contributed by atoms with Crippen LogP contribution in [-0.4, -0.2) is 13.0 Å². The van der Waals surface area contributed by atoms with Crippen LogP contribution in [0.4, 0.5) is 18.9 Å². The van der Waals surface area contributed by atoms with Gasteiger partial charge in [0.1, 0.15) is 6.04 Å². The molecule has 1 aromatic carbocycles. The molecule has 0 aromatic heterocycles. The van der Waals surface area contributed by atoms with Gasteiger partial charge in [-0.15, -0.1) is 0 Å². The SMILES string of the molecule is CN1C(=O)[C@H](N)c2cccc(C(F)(F)F)c21. The first-order chi connectivity index (χ1) is 7.34. The van der Waals surface area contributed by atoms with Gasteiger partial charge in [-0.2, -0.15) is 13.2 Å². The van der Waals surface area contributed by atoms with Crippen LogP contribution >= 0.6 is 0 Å². The number of halogens is 3. The van der Waals surface area contributed by atoms with Crippen LogP contribution in [0.25, 0.3) is 0 Å². The molecule has 0 aliphatic carbocycles. The van der Waals surface area contributed by atoms with Gasteiger partial charge in [-0.25, -0.2) is 0 Å². The number of carbonyl (C=O) groups is 1. The van der Waals surface area contributed by atoms with Gasteiger partial charge < -0.3 is 10.6 Å². The van der Waals surface area contributed by atoms with Crippen LogP contribution in [0.1, 0.15) is 17.2 Å². The van der Waals surface area contributed by atoms with E-state index >= 15 is 0 Å². The predicted octanol–water partition coefficient (Wildman–Crippen LogP) is 1.68. The third-order valence-electron chi connectivity index (χ3n) is 2.64. The number of hydrogen-bond acceptors (Lipinski definition) is 2. The van der Waals surface area contributed by atoms with Crippen LogP contribution < -0.4 is 10.6 Å². The van der Waals surface area contributed by atoms with Crippen molar-refractivity contribution in [3.63, 3.8) is 0 Å². The molecule has 1 aliphatic rings. The lowest BCUT2D eigenvalue weighted by Gasteiger charge is -2.16. The van der Waals surface area contributed by atoms with Crippen LogP contribution in [0, 0.1) is 0 Å². The number of carbonyl (C=O) groups excluding carboxylic acids is 1. The standard InChI is InChI=1S/C10H9F3N2O/c1-15-8-5(7(14)9(15)16)3-2-4-6(8)10(11,12)13/h2-4,7H,14H2,1H3/t7-/m1/s1. The molecule has 0 spiro atoms. The van der Waals surface area contributed by atoms with Crippen molar-refractivity contribution < 1.29 is 18.0 Å². The zero-order valence-corrected chi connectivity index (χ0v) is 8.38. The summed E-state index contributed by atoms with van der Waals surface area (Å²) in [6.07, 6.45) is -4.48.